The van der Waals surface area contributed by atoms with Gasteiger partial charge in [0.1, 0.15) is 5.76 Å². The van der Waals surface area contributed by atoms with E-state index in [1.165, 1.54) is 29.3 Å². The molecule has 6 heteroatoms. The Labute approximate surface area is 177 Å². The van der Waals surface area contributed by atoms with Crippen LogP contribution in [0, 0.1) is 25.7 Å². The third-order valence-corrected chi connectivity index (χ3v) is 7.10. The average Bonchev–Trinajstić information content (AvgIpc) is 3.39. The van der Waals surface area contributed by atoms with E-state index in [2.05, 4.69) is 44.6 Å². The van der Waals surface area contributed by atoms with Crippen molar-refractivity contribution in [3.8, 4) is 0 Å². The van der Waals surface area contributed by atoms with E-state index in [4.69, 9.17) is 4.52 Å². The summed E-state index contributed by atoms with van der Waals surface area (Å²) in [6.07, 6.45) is 5.64. The number of hydrogen-bond acceptors (Lipinski definition) is 4. The molecule has 2 N–H and O–H groups in total. The zero-order valence-corrected chi connectivity index (χ0v) is 17.8. The quantitative estimate of drug-likeness (QED) is 0.654. The molecule has 2 bridgehead atoms. The first kappa shape index (κ1) is 19.4. The molecule has 2 aliphatic rings. The molecule has 6 nitrogen and oxygen atoms in total. The fourth-order valence-corrected chi connectivity index (χ4v) is 5.57. The van der Waals surface area contributed by atoms with Gasteiger partial charge < -0.3 is 14.8 Å². The number of H-pyrrole nitrogens is 1. The summed E-state index contributed by atoms with van der Waals surface area (Å²) in [4.78, 5) is 18.5. The fraction of sp³-hybridized carbons (Fsp3) is 0.500. The van der Waals surface area contributed by atoms with Crippen LogP contribution in [-0.4, -0.2) is 40.1 Å². The van der Waals surface area contributed by atoms with Crippen molar-refractivity contribution in [1.29, 1.82) is 0 Å². The van der Waals surface area contributed by atoms with Crippen molar-refractivity contribution in [2.45, 2.75) is 52.1 Å². The Balaban J connectivity index is 1.18. The molecule has 0 spiro atoms. The van der Waals surface area contributed by atoms with Gasteiger partial charge in [0.15, 0.2) is 0 Å². The SMILES string of the molecule is Cc1noc(C)c1CCC(=O)NC1[C@@H]2CC[C@H]1CN(Cc1cccc3[nH]ccc13)C2. The highest BCUT2D eigenvalue weighted by atomic mass is 16.5. The summed E-state index contributed by atoms with van der Waals surface area (Å²) >= 11 is 0. The fourth-order valence-electron chi connectivity index (χ4n) is 5.57. The maximum absolute atomic E-state index is 12.7. The van der Waals surface area contributed by atoms with Crippen molar-refractivity contribution in [1.82, 2.24) is 20.4 Å². The van der Waals surface area contributed by atoms with Crippen molar-refractivity contribution in [3.63, 3.8) is 0 Å². The third-order valence-electron chi connectivity index (χ3n) is 7.10. The summed E-state index contributed by atoms with van der Waals surface area (Å²) in [5, 5.41) is 8.68. The van der Waals surface area contributed by atoms with E-state index in [1.807, 2.05) is 20.0 Å². The number of hydrogen-bond donors (Lipinski definition) is 2. The summed E-state index contributed by atoms with van der Waals surface area (Å²) in [5.41, 5.74) is 4.55. The van der Waals surface area contributed by atoms with Crippen molar-refractivity contribution >= 4 is 16.8 Å². The number of likely N-dealkylation sites (tertiary alicyclic amines) is 1. The molecule has 1 amide bonds. The Bertz CT molecular complexity index is 1020. The summed E-state index contributed by atoms with van der Waals surface area (Å²) in [6, 6.07) is 8.99. The van der Waals surface area contributed by atoms with Crippen LogP contribution in [0.4, 0.5) is 0 Å². The van der Waals surface area contributed by atoms with Crippen LogP contribution in [0.5, 0.6) is 0 Å². The smallest absolute Gasteiger partial charge is 0.220 e. The molecular weight excluding hydrogens is 376 g/mol. The Kier molecular flexibility index (Phi) is 5.11. The number of rotatable bonds is 6. The molecule has 0 radical (unpaired) electrons. The number of carbonyl (C=O) groups excluding carboxylic acids is 1. The van der Waals surface area contributed by atoms with Gasteiger partial charge >= 0.3 is 0 Å². The molecular formula is C24H30N4O2. The normalized spacial score (nSPS) is 23.9. The van der Waals surface area contributed by atoms with Gasteiger partial charge in [-0.05, 0) is 62.6 Å². The first-order chi connectivity index (χ1) is 14.6. The number of aromatic nitrogens is 2. The molecule has 1 aromatic carbocycles. The minimum Gasteiger partial charge on any atom is -0.361 e. The van der Waals surface area contributed by atoms with Crippen LogP contribution in [-0.2, 0) is 17.8 Å². The van der Waals surface area contributed by atoms with Crippen LogP contribution in [0.2, 0.25) is 0 Å². The van der Waals surface area contributed by atoms with Gasteiger partial charge in [-0.1, -0.05) is 17.3 Å². The first-order valence-electron chi connectivity index (χ1n) is 11.1. The van der Waals surface area contributed by atoms with Crippen molar-refractivity contribution in [2.24, 2.45) is 11.8 Å². The zero-order chi connectivity index (χ0) is 20.7. The Morgan fingerprint density at radius 3 is 2.77 bits per heavy atom. The van der Waals surface area contributed by atoms with Crippen LogP contribution in [0.3, 0.4) is 0 Å². The number of piperidine rings is 1. The summed E-state index contributed by atoms with van der Waals surface area (Å²) in [7, 11) is 0. The van der Waals surface area contributed by atoms with Crippen LogP contribution in [0.25, 0.3) is 10.9 Å². The molecule has 1 saturated carbocycles. The van der Waals surface area contributed by atoms with Gasteiger partial charge in [0, 0.05) is 54.8 Å². The number of benzene rings is 1. The molecule has 5 rings (SSSR count). The van der Waals surface area contributed by atoms with Crippen molar-refractivity contribution in [3.05, 3.63) is 53.0 Å². The van der Waals surface area contributed by atoms with Gasteiger partial charge in [-0.15, -0.1) is 0 Å². The molecule has 2 aromatic heterocycles. The minimum atomic E-state index is 0.155. The van der Waals surface area contributed by atoms with Gasteiger partial charge in [0.05, 0.1) is 5.69 Å². The van der Waals surface area contributed by atoms with Gasteiger partial charge in [-0.2, -0.15) is 0 Å². The van der Waals surface area contributed by atoms with E-state index >= 15 is 0 Å². The average molecular weight is 407 g/mol. The van der Waals surface area contributed by atoms with E-state index in [9.17, 15) is 4.79 Å². The highest BCUT2D eigenvalue weighted by molar-refractivity contribution is 5.82. The number of carbonyl (C=O) groups is 1. The molecule has 158 valence electrons. The van der Waals surface area contributed by atoms with Gasteiger partial charge in [0.2, 0.25) is 5.91 Å². The molecule has 1 saturated heterocycles. The molecule has 1 unspecified atom stereocenters. The number of nitrogens with one attached hydrogen (secondary N) is 2. The van der Waals surface area contributed by atoms with Crippen molar-refractivity contribution in [2.75, 3.05) is 13.1 Å². The van der Waals surface area contributed by atoms with E-state index in [0.29, 0.717) is 30.7 Å². The Morgan fingerprint density at radius 2 is 2.03 bits per heavy atom. The Morgan fingerprint density at radius 1 is 1.23 bits per heavy atom. The predicted molar refractivity (Wildman–Crippen MR) is 116 cm³/mol. The maximum atomic E-state index is 12.7. The largest absolute Gasteiger partial charge is 0.361 e. The minimum absolute atomic E-state index is 0.155. The lowest BCUT2D eigenvalue weighted by Crippen LogP contribution is -2.52. The number of aryl methyl sites for hydroxylation is 2. The molecule has 3 atom stereocenters. The van der Waals surface area contributed by atoms with Crippen LogP contribution < -0.4 is 5.32 Å². The Hall–Kier alpha value is -2.60. The van der Waals surface area contributed by atoms with Gasteiger partial charge in [0.25, 0.3) is 0 Å². The summed E-state index contributed by atoms with van der Waals surface area (Å²) in [6.45, 7) is 6.96. The highest BCUT2D eigenvalue weighted by Crippen LogP contribution is 2.38. The van der Waals surface area contributed by atoms with Crippen LogP contribution >= 0.6 is 0 Å². The number of nitrogens with zero attached hydrogens (tertiary/aromatic N) is 2. The van der Waals surface area contributed by atoms with Crippen LogP contribution in [0.15, 0.2) is 35.0 Å². The third kappa shape index (κ3) is 3.65. The molecule has 2 fully saturated rings. The number of fused-ring (bicyclic) bond motifs is 3. The second-order valence-corrected chi connectivity index (χ2v) is 9.04. The topological polar surface area (TPSA) is 74.2 Å². The van der Waals surface area contributed by atoms with Gasteiger partial charge in [-0.25, -0.2) is 0 Å². The van der Waals surface area contributed by atoms with Crippen molar-refractivity contribution < 1.29 is 9.32 Å². The summed E-state index contributed by atoms with van der Waals surface area (Å²) < 4.78 is 5.21. The highest BCUT2D eigenvalue weighted by Gasteiger charge is 2.42. The van der Waals surface area contributed by atoms with Crippen LogP contribution in [0.1, 0.15) is 41.8 Å². The number of amides is 1. The van der Waals surface area contributed by atoms with Gasteiger partial charge in [-0.3, -0.25) is 9.69 Å². The van der Waals surface area contributed by atoms with E-state index in [0.717, 1.165) is 36.7 Å². The maximum Gasteiger partial charge on any atom is 0.220 e. The van der Waals surface area contributed by atoms with E-state index in [-0.39, 0.29) is 5.91 Å². The zero-order valence-electron chi connectivity index (χ0n) is 17.8. The standard InChI is InChI=1S/C24H30N4O2/c1-15-20(16(2)30-27-15)8-9-23(29)26-24-18-6-7-19(24)14-28(13-18)12-17-4-3-5-22-21(17)10-11-25-22/h3-5,10-11,18-19,24-25H,6-9,12-14H2,1-2H3,(H,26,29)/t18-,19+,24?. The molecule has 3 heterocycles. The van der Waals surface area contributed by atoms with E-state index in [1.54, 1.807) is 0 Å². The lowest BCUT2D eigenvalue weighted by atomic mass is 9.91. The molecule has 30 heavy (non-hydrogen) atoms. The second kappa shape index (κ2) is 7.91. The molecule has 1 aliphatic carbocycles. The second-order valence-electron chi connectivity index (χ2n) is 9.04. The lowest BCUT2D eigenvalue weighted by molar-refractivity contribution is -0.122. The monoisotopic (exact) mass is 406 g/mol. The summed E-state index contributed by atoms with van der Waals surface area (Å²) in [5.74, 6) is 2.09. The number of aromatic amines is 1. The first-order valence-corrected chi connectivity index (χ1v) is 11.1. The van der Waals surface area contributed by atoms with E-state index < -0.39 is 0 Å². The molecule has 3 aromatic rings. The molecule has 1 aliphatic heterocycles. The lowest BCUT2D eigenvalue weighted by Gasteiger charge is -2.38. The predicted octanol–water partition coefficient (Wildman–Crippen LogP) is 3.73.